The molecule has 289 valence electrons. The summed E-state index contributed by atoms with van der Waals surface area (Å²) in [5.74, 6) is -3.70. The normalized spacial score (nSPS) is 11.3. The third-order valence-electron chi connectivity index (χ3n) is 7.23. The molecule has 8 nitrogen and oxygen atoms in total. The molecule has 0 saturated heterocycles. The molecule has 0 heterocycles. The van der Waals surface area contributed by atoms with Gasteiger partial charge in [0.2, 0.25) is 0 Å². The maximum absolute atomic E-state index is 10.0. The van der Waals surface area contributed by atoms with E-state index in [1.165, 1.54) is 25.7 Å². The monoisotopic (exact) mass is 777 g/mol. The van der Waals surface area contributed by atoms with Crippen LogP contribution < -0.4 is 20.4 Å². The van der Waals surface area contributed by atoms with Crippen LogP contribution in [-0.4, -0.2) is 23.9 Å². The summed E-state index contributed by atoms with van der Waals surface area (Å²) in [5.41, 5.74) is 1.51. The van der Waals surface area contributed by atoms with Crippen LogP contribution in [0.25, 0.3) is 0 Å². The second kappa shape index (κ2) is 32.5. The van der Waals surface area contributed by atoms with E-state index < -0.39 is 23.9 Å². The number of carboxylic acid groups (broad SMARTS) is 4. The Bertz CT molecular complexity index is 676. The van der Waals surface area contributed by atoms with Crippen molar-refractivity contribution in [1.82, 2.24) is 0 Å². The van der Waals surface area contributed by atoms with Gasteiger partial charge in [-0.15, -0.1) is 0 Å². The summed E-state index contributed by atoms with van der Waals surface area (Å²) in [6.45, 7) is 26.4. The van der Waals surface area contributed by atoms with Crippen molar-refractivity contribution in [2.24, 2.45) is 21.7 Å². The van der Waals surface area contributed by atoms with E-state index in [-0.39, 0.29) is 48.1 Å². The molecule has 9 heteroatoms. The van der Waals surface area contributed by atoms with E-state index in [0.29, 0.717) is 21.7 Å². The van der Waals surface area contributed by atoms with Gasteiger partial charge >= 0.3 is 22.4 Å². The van der Waals surface area contributed by atoms with Gasteiger partial charge in [0.05, 0.1) is 0 Å². The molecule has 0 fully saturated rings. The number of rotatable bonds is 20. The van der Waals surface area contributed by atoms with Crippen molar-refractivity contribution in [3.63, 3.8) is 0 Å². The number of carbonyl (C=O) groups excluding carboxylic acids is 4. The summed E-state index contributed by atoms with van der Waals surface area (Å²) in [4.78, 5) is 40.2. The van der Waals surface area contributed by atoms with E-state index in [1.807, 2.05) is 0 Å². The molecule has 0 spiro atoms. The summed E-state index contributed by atoms with van der Waals surface area (Å²) in [5, 5.41) is 40.2. The summed E-state index contributed by atoms with van der Waals surface area (Å²) in [6.07, 6.45) is 17.1. The zero-order valence-corrected chi connectivity index (χ0v) is 36.1. The molecule has 0 unspecified atom stereocenters. The predicted octanol–water partition coefficient (Wildman–Crippen LogP) is 6.93. The van der Waals surface area contributed by atoms with Crippen LogP contribution in [-0.2, 0) is 41.6 Å². The van der Waals surface area contributed by atoms with Gasteiger partial charge < -0.3 is 39.6 Å². The van der Waals surface area contributed by atoms with Crippen molar-refractivity contribution in [3.8, 4) is 0 Å². The molecule has 49 heavy (non-hydrogen) atoms. The predicted molar refractivity (Wildman–Crippen MR) is 190 cm³/mol. The van der Waals surface area contributed by atoms with Crippen molar-refractivity contribution in [3.05, 3.63) is 0 Å². The molecule has 0 N–H and O–H groups in total. The molecule has 0 atom stereocenters. The van der Waals surface area contributed by atoms with Crippen molar-refractivity contribution in [2.75, 3.05) is 0 Å². The zero-order valence-electron chi connectivity index (χ0n) is 33.9. The summed E-state index contributed by atoms with van der Waals surface area (Å²) < 4.78 is 0. The Morgan fingerprint density at radius 2 is 0.449 bits per heavy atom. The number of hydrogen-bond donors (Lipinski definition) is 0. The molecular formula is C40H76NbO8. The van der Waals surface area contributed by atoms with Crippen LogP contribution in [0.15, 0.2) is 0 Å². The van der Waals surface area contributed by atoms with E-state index in [2.05, 4.69) is 83.1 Å². The Hall–Kier alpha value is -1.38. The maximum atomic E-state index is 10.0. The largest absolute Gasteiger partial charge is 4.00 e. The average molecular weight is 778 g/mol. The van der Waals surface area contributed by atoms with Crippen molar-refractivity contribution in [2.45, 2.75) is 212 Å². The van der Waals surface area contributed by atoms with E-state index in [1.54, 1.807) is 0 Å². The molecule has 0 aromatic heterocycles. The van der Waals surface area contributed by atoms with Gasteiger partial charge in [-0.05, 0) is 98.7 Å². The van der Waals surface area contributed by atoms with E-state index >= 15 is 0 Å². The molecule has 0 aliphatic heterocycles. The second-order valence-corrected chi connectivity index (χ2v) is 18.0. The average Bonchev–Trinajstić information content (AvgIpc) is 2.85. The number of carboxylic acids is 4. The fraction of sp³-hybridized carbons (Fsp3) is 0.900. The topological polar surface area (TPSA) is 161 Å². The van der Waals surface area contributed by atoms with Crippen LogP contribution in [0.5, 0.6) is 0 Å². The number of carbonyl (C=O) groups is 4. The maximum Gasteiger partial charge on any atom is 4.00 e. The van der Waals surface area contributed by atoms with Crippen molar-refractivity contribution < 1.29 is 62.0 Å². The van der Waals surface area contributed by atoms with E-state index in [9.17, 15) is 39.6 Å². The third kappa shape index (κ3) is 77.4. The molecule has 0 bridgehead atoms. The second-order valence-electron chi connectivity index (χ2n) is 18.0. The van der Waals surface area contributed by atoms with Gasteiger partial charge in [-0.2, -0.15) is 0 Å². The molecule has 0 aliphatic rings. The fourth-order valence-electron chi connectivity index (χ4n) is 4.41. The molecule has 0 saturated carbocycles. The van der Waals surface area contributed by atoms with Crippen LogP contribution in [0.3, 0.4) is 0 Å². The van der Waals surface area contributed by atoms with Crippen LogP contribution in [0, 0.1) is 21.7 Å². The Morgan fingerprint density at radius 1 is 0.306 bits per heavy atom. The molecule has 0 aliphatic carbocycles. The zero-order chi connectivity index (χ0) is 38.5. The minimum Gasteiger partial charge on any atom is -0.550 e. The first kappa shape index (κ1) is 57.0. The van der Waals surface area contributed by atoms with Gasteiger partial charge in [0.1, 0.15) is 0 Å². The first-order chi connectivity index (χ1) is 21.7. The van der Waals surface area contributed by atoms with Gasteiger partial charge in [-0.1, -0.05) is 134 Å². The Balaban J connectivity index is -0.000000174. The standard InChI is InChI=1S/4C10H20O2.Nb/c4*1-10(2,3)8-6-4-5-7-9(11)12;/h4*4-8H2,1-3H3,(H,11,12);/q;;;;+4/p-4. The van der Waals surface area contributed by atoms with Gasteiger partial charge in [0, 0.05) is 23.9 Å². The molecule has 0 aromatic rings. The minimum atomic E-state index is -0.925. The van der Waals surface area contributed by atoms with Gasteiger partial charge in [0.25, 0.3) is 0 Å². The van der Waals surface area contributed by atoms with Crippen LogP contribution in [0.2, 0.25) is 0 Å². The van der Waals surface area contributed by atoms with Crippen molar-refractivity contribution in [1.29, 1.82) is 0 Å². The molecule has 1 radical (unpaired) electrons. The van der Waals surface area contributed by atoms with Gasteiger partial charge in [-0.25, -0.2) is 0 Å². The summed E-state index contributed by atoms with van der Waals surface area (Å²) in [6, 6.07) is 0. The Labute approximate surface area is 317 Å². The Kier molecular flexibility index (Phi) is 37.8. The summed E-state index contributed by atoms with van der Waals surface area (Å²) in [7, 11) is 0. The smallest absolute Gasteiger partial charge is 0.550 e. The van der Waals surface area contributed by atoms with E-state index in [0.717, 1.165) is 77.0 Å². The van der Waals surface area contributed by atoms with Crippen LogP contribution in [0.1, 0.15) is 212 Å². The Morgan fingerprint density at radius 3 is 0.551 bits per heavy atom. The molecule has 0 aromatic carbocycles. The summed E-state index contributed by atoms with van der Waals surface area (Å²) >= 11 is 0. The van der Waals surface area contributed by atoms with Gasteiger partial charge in [0.15, 0.2) is 0 Å². The SMILES string of the molecule is CC(C)(C)CCCCCC(=O)[O-].CC(C)(C)CCCCCC(=O)[O-].CC(C)(C)CCCCCC(=O)[O-].CC(C)(C)CCCCCC(=O)[O-].[Nb+4]. The number of hydrogen-bond acceptors (Lipinski definition) is 8. The molecular weight excluding hydrogens is 701 g/mol. The fourth-order valence-corrected chi connectivity index (χ4v) is 4.41. The third-order valence-corrected chi connectivity index (χ3v) is 7.23. The molecule has 0 amide bonds. The first-order valence-corrected chi connectivity index (χ1v) is 18.5. The van der Waals surface area contributed by atoms with Crippen molar-refractivity contribution >= 4 is 23.9 Å². The quantitative estimate of drug-likeness (QED) is 0.0951. The van der Waals surface area contributed by atoms with E-state index in [4.69, 9.17) is 0 Å². The van der Waals surface area contributed by atoms with Gasteiger partial charge in [-0.3, -0.25) is 0 Å². The van der Waals surface area contributed by atoms with Crippen LogP contribution in [0.4, 0.5) is 0 Å². The molecule has 0 rings (SSSR count). The minimum absolute atomic E-state index is 0. The van der Waals surface area contributed by atoms with Crippen LogP contribution >= 0.6 is 0 Å². The number of aliphatic carboxylic acids is 4. The first-order valence-electron chi connectivity index (χ1n) is 18.5. The number of unbranched alkanes of at least 4 members (excludes halogenated alkanes) is 8.